The first-order valence-corrected chi connectivity index (χ1v) is 14.8. The van der Waals surface area contributed by atoms with E-state index in [2.05, 4.69) is 15.2 Å². The van der Waals surface area contributed by atoms with Crippen LogP contribution in [0.4, 0.5) is 9.18 Å². The van der Waals surface area contributed by atoms with Crippen molar-refractivity contribution in [2.45, 2.75) is 39.8 Å². The van der Waals surface area contributed by atoms with Gasteiger partial charge in [0.1, 0.15) is 11.9 Å². The Labute approximate surface area is 247 Å². The number of benzene rings is 1. The lowest BCUT2D eigenvalue weighted by atomic mass is 9.92. The van der Waals surface area contributed by atoms with Crippen molar-refractivity contribution in [1.29, 1.82) is 0 Å². The molecule has 11 nitrogen and oxygen atoms in total. The molecule has 13 heteroatoms. The third kappa shape index (κ3) is 5.75. The summed E-state index contributed by atoms with van der Waals surface area (Å²) < 4.78 is 20.2. The van der Waals surface area contributed by atoms with E-state index in [1.807, 2.05) is 5.38 Å². The summed E-state index contributed by atoms with van der Waals surface area (Å²) in [5.74, 6) is -1.39. The lowest BCUT2D eigenvalue weighted by Crippen LogP contribution is -2.53. The zero-order valence-electron chi connectivity index (χ0n) is 24.1. The first-order valence-electron chi connectivity index (χ1n) is 13.9. The van der Waals surface area contributed by atoms with E-state index in [0.717, 1.165) is 0 Å². The van der Waals surface area contributed by atoms with E-state index in [-0.39, 0.29) is 31.0 Å². The van der Waals surface area contributed by atoms with Crippen LogP contribution in [0, 0.1) is 18.2 Å². The number of thiazole rings is 1. The molecule has 224 valence electrons. The number of aromatic nitrogens is 1. The number of hydrogen-bond donors (Lipinski definition) is 2. The van der Waals surface area contributed by atoms with Gasteiger partial charge in [-0.05, 0) is 44.9 Å². The number of hydrogen-bond acceptors (Lipinski definition) is 9. The highest BCUT2D eigenvalue weighted by molar-refractivity contribution is 7.11. The van der Waals surface area contributed by atoms with Gasteiger partial charge in [0.25, 0.3) is 0 Å². The van der Waals surface area contributed by atoms with Gasteiger partial charge in [-0.1, -0.05) is 12.1 Å². The minimum absolute atomic E-state index is 0.121. The summed E-state index contributed by atoms with van der Waals surface area (Å²) in [6.07, 6.45) is 1.67. The number of carboxylic acid groups (broad SMARTS) is 1. The fraction of sp³-hybridized carbons (Fsp3) is 0.483. The molecule has 3 aliphatic rings. The number of halogens is 1. The third-order valence-corrected chi connectivity index (χ3v) is 8.70. The van der Waals surface area contributed by atoms with Crippen LogP contribution in [0.2, 0.25) is 0 Å². The first-order chi connectivity index (χ1) is 20.0. The van der Waals surface area contributed by atoms with Gasteiger partial charge in [0.05, 0.1) is 23.6 Å². The van der Waals surface area contributed by atoms with Crippen LogP contribution in [0.15, 0.2) is 46.0 Å². The van der Waals surface area contributed by atoms with Crippen molar-refractivity contribution in [1.82, 2.24) is 25.0 Å². The van der Waals surface area contributed by atoms with Crippen molar-refractivity contribution in [3.05, 3.63) is 63.0 Å². The number of esters is 1. The first kappa shape index (κ1) is 29.6. The van der Waals surface area contributed by atoms with Gasteiger partial charge in [0.15, 0.2) is 10.8 Å². The monoisotopic (exact) mass is 598 g/mol. The molecular formula is C29H35FN6O5S. The standard InChI is InChI=1S/C29H35FN6O5S/c1-5-41-26(37)22-21(15-34-10-11-36-18(13-34)14-35(28(36)40)16-29(3,4)27(38)39)32-24(25-31-9-12-42-25)33-23(22)19-7-6-8-20(30)17(19)2/h6-9,12,18,23H,5,10-11,13-16H2,1-4H3,(H,32,33)(H,38,39). The van der Waals surface area contributed by atoms with Crippen LogP contribution in [0.3, 0.4) is 0 Å². The number of ether oxygens (including phenoxy) is 1. The highest BCUT2D eigenvalue weighted by Crippen LogP contribution is 2.36. The number of nitrogens with zero attached hydrogens (tertiary/aromatic N) is 5. The van der Waals surface area contributed by atoms with E-state index in [9.17, 15) is 23.9 Å². The predicted octanol–water partition coefficient (Wildman–Crippen LogP) is 3.03. The van der Waals surface area contributed by atoms with Crippen molar-refractivity contribution >= 4 is 35.1 Å². The van der Waals surface area contributed by atoms with Gasteiger partial charge in [0, 0.05) is 56.5 Å². The van der Waals surface area contributed by atoms with Crippen LogP contribution >= 0.6 is 11.3 Å². The fourth-order valence-corrected chi connectivity index (χ4v) is 6.24. The molecule has 2 aromatic rings. The van der Waals surface area contributed by atoms with Gasteiger partial charge < -0.3 is 25.0 Å². The van der Waals surface area contributed by atoms with Crippen molar-refractivity contribution in [2.75, 3.05) is 45.9 Å². The van der Waals surface area contributed by atoms with Crippen molar-refractivity contribution < 1.29 is 28.6 Å². The molecule has 0 saturated carbocycles. The summed E-state index contributed by atoms with van der Waals surface area (Å²) in [7, 11) is 0. The topological polar surface area (TPSA) is 128 Å². The molecule has 2 fully saturated rings. The van der Waals surface area contributed by atoms with Crippen molar-refractivity contribution in [3.8, 4) is 0 Å². The molecule has 0 spiro atoms. The van der Waals surface area contributed by atoms with Gasteiger partial charge in [-0.2, -0.15) is 0 Å². The Morgan fingerprint density at radius 3 is 2.74 bits per heavy atom. The molecule has 0 bridgehead atoms. The normalized spacial score (nSPS) is 21.3. The summed E-state index contributed by atoms with van der Waals surface area (Å²) in [4.78, 5) is 53.0. The minimum atomic E-state index is -1.06. The van der Waals surface area contributed by atoms with Gasteiger partial charge in [-0.3, -0.25) is 14.7 Å². The van der Waals surface area contributed by atoms with Crippen molar-refractivity contribution in [3.63, 3.8) is 0 Å². The maximum Gasteiger partial charge on any atom is 0.338 e. The molecule has 2 saturated heterocycles. The number of aliphatic carboxylic acids is 1. The SMILES string of the molecule is CCOC(=O)C1=C(CN2CCN3C(=O)N(CC(C)(C)C(=O)O)CC3C2)NC(c2nccs2)=NC1c1cccc(F)c1C. The zero-order chi connectivity index (χ0) is 30.2. The highest BCUT2D eigenvalue weighted by atomic mass is 32.1. The van der Waals surface area contributed by atoms with Gasteiger partial charge in [-0.15, -0.1) is 11.3 Å². The average Bonchev–Trinajstić information content (AvgIpc) is 3.58. The number of carbonyl (C=O) groups excluding carboxylic acids is 2. The molecule has 3 aliphatic heterocycles. The quantitative estimate of drug-likeness (QED) is 0.422. The molecule has 1 aromatic heterocycles. The molecule has 2 N–H and O–H groups in total. The van der Waals surface area contributed by atoms with E-state index in [1.54, 1.807) is 55.8 Å². The molecule has 4 heterocycles. The zero-order valence-corrected chi connectivity index (χ0v) is 24.9. The van der Waals surface area contributed by atoms with E-state index >= 15 is 0 Å². The van der Waals surface area contributed by atoms with Gasteiger partial charge >= 0.3 is 18.0 Å². The number of urea groups is 1. The fourth-order valence-electron chi connectivity index (χ4n) is 5.65. The maximum atomic E-state index is 14.7. The number of carboxylic acids is 1. The number of carbonyl (C=O) groups is 3. The second-order valence-electron chi connectivity index (χ2n) is 11.3. The summed E-state index contributed by atoms with van der Waals surface area (Å²) >= 11 is 1.40. The minimum Gasteiger partial charge on any atom is -0.481 e. The second kappa shape index (κ2) is 11.8. The Bertz CT molecular complexity index is 1440. The summed E-state index contributed by atoms with van der Waals surface area (Å²) in [5.41, 5.74) is 0.791. The van der Waals surface area contributed by atoms with Crippen LogP contribution < -0.4 is 5.32 Å². The molecule has 2 unspecified atom stereocenters. The Balaban J connectivity index is 1.45. The van der Waals surface area contributed by atoms with Crippen LogP contribution in [-0.2, 0) is 14.3 Å². The van der Waals surface area contributed by atoms with Crippen LogP contribution in [-0.4, -0.2) is 101 Å². The lowest BCUT2D eigenvalue weighted by molar-refractivity contribution is -0.147. The van der Waals surface area contributed by atoms with Crippen LogP contribution in [0.5, 0.6) is 0 Å². The molecule has 5 rings (SSSR count). The summed E-state index contributed by atoms with van der Waals surface area (Å²) in [6, 6.07) is 3.66. The van der Waals surface area contributed by atoms with Crippen molar-refractivity contribution in [2.24, 2.45) is 10.4 Å². The number of aliphatic imine (C=N–C) groups is 1. The number of amidine groups is 1. The van der Waals surface area contributed by atoms with E-state index < -0.39 is 23.4 Å². The van der Waals surface area contributed by atoms with E-state index in [1.165, 1.54) is 17.4 Å². The average molecular weight is 599 g/mol. The Hall–Kier alpha value is -3.84. The molecule has 2 atom stereocenters. The predicted molar refractivity (Wildman–Crippen MR) is 155 cm³/mol. The Morgan fingerprint density at radius 2 is 2.05 bits per heavy atom. The third-order valence-electron chi connectivity index (χ3n) is 7.92. The smallest absolute Gasteiger partial charge is 0.338 e. The van der Waals surface area contributed by atoms with Gasteiger partial charge in [0.2, 0.25) is 0 Å². The highest BCUT2D eigenvalue weighted by Gasteiger charge is 2.44. The molecule has 2 amide bonds. The number of rotatable bonds is 9. The Kier molecular flexibility index (Phi) is 8.33. The van der Waals surface area contributed by atoms with Crippen LogP contribution in [0.25, 0.3) is 0 Å². The molecular weight excluding hydrogens is 563 g/mol. The molecule has 1 aromatic carbocycles. The number of fused-ring (bicyclic) bond motifs is 1. The lowest BCUT2D eigenvalue weighted by Gasteiger charge is -2.38. The van der Waals surface area contributed by atoms with E-state index in [4.69, 9.17) is 9.73 Å². The number of amides is 2. The summed E-state index contributed by atoms with van der Waals surface area (Å²) in [5, 5.41) is 15.4. The molecule has 0 aliphatic carbocycles. The largest absolute Gasteiger partial charge is 0.481 e. The second-order valence-corrected chi connectivity index (χ2v) is 12.2. The number of piperazine rings is 1. The maximum absolute atomic E-state index is 14.7. The Morgan fingerprint density at radius 1 is 1.26 bits per heavy atom. The number of nitrogens with one attached hydrogen (secondary N) is 1. The van der Waals surface area contributed by atoms with Gasteiger partial charge in [-0.25, -0.2) is 19.0 Å². The van der Waals surface area contributed by atoms with Crippen LogP contribution in [0.1, 0.15) is 42.9 Å². The molecule has 42 heavy (non-hydrogen) atoms. The summed E-state index contributed by atoms with van der Waals surface area (Å²) in [6.45, 7) is 9.21. The molecule has 0 radical (unpaired) electrons. The van der Waals surface area contributed by atoms with E-state index in [0.29, 0.717) is 66.0 Å².